The van der Waals surface area contributed by atoms with Crippen molar-refractivity contribution >= 4 is 11.8 Å². The normalized spacial score (nSPS) is 10.6. The predicted molar refractivity (Wildman–Crippen MR) is 82.2 cm³/mol. The molecule has 0 radical (unpaired) electrons. The van der Waals surface area contributed by atoms with Gasteiger partial charge in [-0.25, -0.2) is 4.39 Å². The number of thioether (sulfide) groups is 1. The van der Waals surface area contributed by atoms with Crippen LogP contribution in [0.5, 0.6) is 5.75 Å². The van der Waals surface area contributed by atoms with Crippen molar-refractivity contribution in [2.45, 2.75) is 11.0 Å². The lowest BCUT2D eigenvalue weighted by molar-refractivity contribution is 0.411. The molecule has 1 aromatic heterocycles. The van der Waals surface area contributed by atoms with Crippen LogP contribution in [0.15, 0.2) is 58.2 Å². The monoisotopic (exact) mass is 316 g/mol. The standard InChI is InChI=1S/C16H13FN2O2S/c1-20-14-9-5-2-6-11(14)10-22-16-19-18-15(21-16)12-7-3-4-8-13(12)17/h2-9H,10H2,1H3. The summed E-state index contributed by atoms with van der Waals surface area (Å²) >= 11 is 1.38. The summed E-state index contributed by atoms with van der Waals surface area (Å²) in [7, 11) is 1.63. The van der Waals surface area contributed by atoms with Crippen LogP contribution in [0, 0.1) is 5.82 Å². The third-order valence-electron chi connectivity index (χ3n) is 3.05. The van der Waals surface area contributed by atoms with Gasteiger partial charge in [-0.1, -0.05) is 42.1 Å². The minimum Gasteiger partial charge on any atom is -0.496 e. The van der Waals surface area contributed by atoms with Gasteiger partial charge in [0.1, 0.15) is 11.6 Å². The van der Waals surface area contributed by atoms with E-state index in [1.165, 1.54) is 17.8 Å². The summed E-state index contributed by atoms with van der Waals surface area (Å²) in [5.41, 5.74) is 1.33. The molecule has 0 spiro atoms. The summed E-state index contributed by atoms with van der Waals surface area (Å²) < 4.78 is 24.5. The van der Waals surface area contributed by atoms with Crippen LogP contribution in [-0.2, 0) is 5.75 Å². The zero-order valence-corrected chi connectivity index (χ0v) is 12.6. The Labute approximate surface area is 131 Å². The van der Waals surface area contributed by atoms with Crippen molar-refractivity contribution in [1.29, 1.82) is 0 Å². The summed E-state index contributed by atoms with van der Waals surface area (Å²) in [6.45, 7) is 0. The average Bonchev–Trinajstić information content (AvgIpc) is 3.02. The second kappa shape index (κ2) is 6.62. The van der Waals surface area contributed by atoms with Crippen molar-refractivity contribution in [3.05, 3.63) is 59.9 Å². The fourth-order valence-corrected chi connectivity index (χ4v) is 2.73. The number of ether oxygens (including phenoxy) is 1. The van der Waals surface area contributed by atoms with Gasteiger partial charge in [-0.15, -0.1) is 10.2 Å². The van der Waals surface area contributed by atoms with E-state index in [9.17, 15) is 4.39 Å². The smallest absolute Gasteiger partial charge is 0.277 e. The molecule has 6 heteroatoms. The predicted octanol–water partition coefficient (Wildman–Crippen LogP) is 4.18. The van der Waals surface area contributed by atoms with E-state index in [4.69, 9.17) is 9.15 Å². The molecule has 0 bridgehead atoms. The second-order valence-electron chi connectivity index (χ2n) is 4.45. The first-order valence-corrected chi connectivity index (χ1v) is 7.59. The van der Waals surface area contributed by atoms with Gasteiger partial charge >= 0.3 is 0 Å². The van der Waals surface area contributed by atoms with E-state index in [1.807, 2.05) is 24.3 Å². The highest BCUT2D eigenvalue weighted by Crippen LogP contribution is 2.29. The molecule has 0 unspecified atom stereocenters. The van der Waals surface area contributed by atoms with Crippen molar-refractivity contribution in [1.82, 2.24) is 10.2 Å². The maximum Gasteiger partial charge on any atom is 0.277 e. The lowest BCUT2D eigenvalue weighted by atomic mass is 10.2. The van der Waals surface area contributed by atoms with Crippen LogP contribution < -0.4 is 4.74 Å². The molecule has 3 aromatic rings. The van der Waals surface area contributed by atoms with Gasteiger partial charge in [0.05, 0.1) is 12.7 Å². The van der Waals surface area contributed by atoms with E-state index in [0.29, 0.717) is 16.5 Å². The van der Waals surface area contributed by atoms with Gasteiger partial charge < -0.3 is 9.15 Å². The van der Waals surface area contributed by atoms with Gasteiger partial charge in [-0.2, -0.15) is 0 Å². The summed E-state index contributed by atoms with van der Waals surface area (Å²) in [6.07, 6.45) is 0. The minimum absolute atomic E-state index is 0.181. The maximum absolute atomic E-state index is 13.7. The number of benzene rings is 2. The fraction of sp³-hybridized carbons (Fsp3) is 0.125. The largest absolute Gasteiger partial charge is 0.496 e. The van der Waals surface area contributed by atoms with Gasteiger partial charge in [-0.3, -0.25) is 0 Å². The van der Waals surface area contributed by atoms with E-state index >= 15 is 0 Å². The Balaban J connectivity index is 1.74. The average molecular weight is 316 g/mol. The molecular weight excluding hydrogens is 303 g/mol. The summed E-state index contributed by atoms with van der Waals surface area (Å²) in [4.78, 5) is 0. The van der Waals surface area contributed by atoms with Crippen LogP contribution in [0.25, 0.3) is 11.5 Å². The van der Waals surface area contributed by atoms with Crippen LogP contribution in [-0.4, -0.2) is 17.3 Å². The molecule has 3 rings (SSSR count). The molecule has 4 nitrogen and oxygen atoms in total. The van der Waals surface area contributed by atoms with Crippen LogP contribution in [0.1, 0.15) is 5.56 Å². The number of rotatable bonds is 5. The molecule has 22 heavy (non-hydrogen) atoms. The minimum atomic E-state index is -0.382. The fourth-order valence-electron chi connectivity index (χ4n) is 1.97. The van der Waals surface area contributed by atoms with Crippen LogP contribution in [0.2, 0.25) is 0 Å². The Morgan fingerprint density at radius 2 is 1.86 bits per heavy atom. The van der Waals surface area contributed by atoms with Crippen molar-refractivity contribution in [3.8, 4) is 17.2 Å². The van der Waals surface area contributed by atoms with Gasteiger partial charge in [0, 0.05) is 11.3 Å². The Bertz CT molecular complexity index is 776. The molecule has 0 fully saturated rings. The molecule has 0 N–H and O–H groups in total. The lowest BCUT2D eigenvalue weighted by Crippen LogP contribution is -1.89. The summed E-state index contributed by atoms with van der Waals surface area (Å²) in [5, 5.41) is 8.23. The molecule has 2 aromatic carbocycles. The molecule has 112 valence electrons. The zero-order valence-electron chi connectivity index (χ0n) is 11.8. The molecule has 0 atom stereocenters. The SMILES string of the molecule is COc1ccccc1CSc1nnc(-c2ccccc2F)o1. The number of methoxy groups -OCH3 is 1. The first-order chi connectivity index (χ1) is 10.8. The highest BCUT2D eigenvalue weighted by molar-refractivity contribution is 7.98. The maximum atomic E-state index is 13.7. The first kappa shape index (κ1) is 14.6. The molecule has 0 saturated heterocycles. The summed E-state index contributed by atoms with van der Waals surface area (Å²) in [5.74, 6) is 1.24. The third-order valence-corrected chi connectivity index (χ3v) is 3.92. The zero-order chi connectivity index (χ0) is 15.4. The van der Waals surface area contributed by atoms with Crippen molar-refractivity contribution < 1.29 is 13.5 Å². The Kier molecular flexibility index (Phi) is 4.39. The van der Waals surface area contributed by atoms with Crippen molar-refractivity contribution in [3.63, 3.8) is 0 Å². The van der Waals surface area contributed by atoms with Crippen LogP contribution >= 0.6 is 11.8 Å². The van der Waals surface area contributed by atoms with Gasteiger partial charge in [0.15, 0.2) is 0 Å². The van der Waals surface area contributed by atoms with Crippen LogP contribution in [0.3, 0.4) is 0 Å². The van der Waals surface area contributed by atoms with Gasteiger partial charge in [0.2, 0.25) is 0 Å². The summed E-state index contributed by atoms with van der Waals surface area (Å²) in [6, 6.07) is 14.0. The molecule has 1 heterocycles. The Morgan fingerprint density at radius 3 is 2.68 bits per heavy atom. The topological polar surface area (TPSA) is 48.2 Å². The molecule has 0 aliphatic carbocycles. The number of hydrogen-bond acceptors (Lipinski definition) is 5. The molecule has 0 aliphatic heterocycles. The van der Waals surface area contributed by atoms with Gasteiger partial charge in [-0.05, 0) is 18.2 Å². The van der Waals surface area contributed by atoms with E-state index in [0.717, 1.165) is 11.3 Å². The molecule has 0 amide bonds. The van der Waals surface area contributed by atoms with E-state index < -0.39 is 0 Å². The molecule has 0 aliphatic rings. The van der Waals surface area contributed by atoms with E-state index in [-0.39, 0.29) is 11.7 Å². The third kappa shape index (κ3) is 3.12. The lowest BCUT2D eigenvalue weighted by Gasteiger charge is -2.05. The Morgan fingerprint density at radius 1 is 1.09 bits per heavy atom. The number of halogens is 1. The van der Waals surface area contributed by atoms with Crippen LogP contribution in [0.4, 0.5) is 4.39 Å². The quantitative estimate of drug-likeness (QED) is 0.661. The number of aromatic nitrogens is 2. The first-order valence-electron chi connectivity index (χ1n) is 6.61. The Hall–Kier alpha value is -2.34. The number of para-hydroxylation sites is 1. The highest BCUT2D eigenvalue weighted by atomic mass is 32.2. The highest BCUT2D eigenvalue weighted by Gasteiger charge is 2.13. The van der Waals surface area contributed by atoms with Gasteiger partial charge in [0.25, 0.3) is 11.1 Å². The van der Waals surface area contributed by atoms with E-state index in [2.05, 4.69) is 10.2 Å². The molecule has 0 saturated carbocycles. The number of nitrogens with zero attached hydrogens (tertiary/aromatic N) is 2. The van der Waals surface area contributed by atoms with Crippen molar-refractivity contribution in [2.75, 3.05) is 7.11 Å². The van der Waals surface area contributed by atoms with Crippen molar-refractivity contribution in [2.24, 2.45) is 0 Å². The second-order valence-corrected chi connectivity index (χ2v) is 5.38. The number of hydrogen-bond donors (Lipinski definition) is 0. The van der Waals surface area contributed by atoms with E-state index in [1.54, 1.807) is 25.3 Å². The molecular formula is C16H13FN2O2S.